The third-order valence-corrected chi connectivity index (χ3v) is 2.16. The molecule has 0 spiro atoms. The highest BCUT2D eigenvalue weighted by molar-refractivity contribution is 5.10. The molecule has 51 valence electrons. The number of aromatic nitrogens is 1. The normalized spacial score (nSPS) is 18.4. The lowest BCUT2D eigenvalue weighted by Crippen LogP contribution is -2.09. The van der Waals surface area contributed by atoms with Gasteiger partial charge in [0.1, 0.15) is 0 Å². The first-order chi connectivity index (χ1) is 4.97. The summed E-state index contributed by atoms with van der Waals surface area (Å²) < 4.78 is 0. The highest BCUT2D eigenvalue weighted by atomic mass is 14.7. The van der Waals surface area contributed by atoms with Crippen molar-refractivity contribution in [2.24, 2.45) is 0 Å². The molecule has 10 heavy (non-hydrogen) atoms. The van der Waals surface area contributed by atoms with Crippen LogP contribution in [0.4, 0.5) is 0 Å². The maximum absolute atomic E-state index is 4.25. The molecule has 1 aromatic rings. The Balaban J connectivity index is 2.18. The number of hydrogen-bond donors (Lipinski definition) is 0. The van der Waals surface area contributed by atoms with Crippen LogP contribution in [0.2, 0.25) is 0 Å². The molecule has 2 rings (SSSR count). The predicted molar refractivity (Wildman–Crippen MR) is 39.7 cm³/mol. The maximum Gasteiger partial charge on any atom is 0.0434 e. The summed E-state index contributed by atoms with van der Waals surface area (Å²) in [6.45, 7) is 0. The highest BCUT2D eigenvalue weighted by Gasteiger charge is 2.19. The van der Waals surface area contributed by atoms with E-state index in [0.717, 1.165) is 5.92 Å². The summed E-state index contributed by atoms with van der Waals surface area (Å²) in [5, 5.41) is 0. The molecule has 1 nitrogen and oxygen atoms in total. The van der Waals surface area contributed by atoms with Crippen LogP contribution in [0.5, 0.6) is 0 Å². The van der Waals surface area contributed by atoms with Gasteiger partial charge in [0.15, 0.2) is 0 Å². The topological polar surface area (TPSA) is 12.9 Å². The first kappa shape index (κ1) is 5.90. The standard InChI is InChI=1S/C9H10N/c1-2-7-10-9(6-1)8-4-3-5-8/h1,6-8H,3-5H2. The number of nitrogens with zero attached hydrogens (tertiary/aromatic N) is 1. The van der Waals surface area contributed by atoms with Crippen molar-refractivity contribution in [3.8, 4) is 0 Å². The van der Waals surface area contributed by atoms with Gasteiger partial charge in [-0.15, -0.1) is 0 Å². The van der Waals surface area contributed by atoms with Crippen molar-refractivity contribution in [2.45, 2.75) is 25.2 Å². The van der Waals surface area contributed by atoms with Gasteiger partial charge in [-0.3, -0.25) is 4.98 Å². The minimum Gasteiger partial charge on any atom is -0.260 e. The van der Waals surface area contributed by atoms with Gasteiger partial charge in [0.2, 0.25) is 0 Å². The summed E-state index contributed by atoms with van der Waals surface area (Å²) >= 11 is 0. The number of pyridine rings is 1. The average Bonchev–Trinajstić information content (AvgIpc) is 1.86. The van der Waals surface area contributed by atoms with E-state index in [1.54, 1.807) is 6.20 Å². The van der Waals surface area contributed by atoms with Crippen LogP contribution in [0.25, 0.3) is 0 Å². The van der Waals surface area contributed by atoms with Crippen LogP contribution >= 0.6 is 0 Å². The van der Waals surface area contributed by atoms with Crippen molar-refractivity contribution < 1.29 is 0 Å². The molecule has 1 heterocycles. The lowest BCUT2D eigenvalue weighted by molar-refractivity contribution is 0.411. The Morgan fingerprint density at radius 3 is 2.90 bits per heavy atom. The van der Waals surface area contributed by atoms with Crippen molar-refractivity contribution in [3.63, 3.8) is 0 Å². The van der Waals surface area contributed by atoms with E-state index in [1.165, 1.54) is 25.0 Å². The van der Waals surface area contributed by atoms with Crippen LogP contribution in [0, 0.1) is 6.07 Å². The third-order valence-electron chi connectivity index (χ3n) is 2.16. The second kappa shape index (κ2) is 2.41. The molecule has 1 aromatic heterocycles. The van der Waals surface area contributed by atoms with Crippen LogP contribution in [0.1, 0.15) is 30.9 Å². The van der Waals surface area contributed by atoms with Crippen molar-refractivity contribution in [1.82, 2.24) is 4.98 Å². The van der Waals surface area contributed by atoms with Crippen molar-refractivity contribution in [2.75, 3.05) is 0 Å². The molecule has 0 unspecified atom stereocenters. The molecule has 1 fully saturated rings. The van der Waals surface area contributed by atoms with Crippen LogP contribution in [0.15, 0.2) is 18.3 Å². The number of hydrogen-bond acceptors (Lipinski definition) is 1. The third kappa shape index (κ3) is 0.919. The summed E-state index contributed by atoms with van der Waals surface area (Å²) in [5.41, 5.74) is 1.25. The second-order valence-corrected chi connectivity index (χ2v) is 2.81. The van der Waals surface area contributed by atoms with E-state index >= 15 is 0 Å². The first-order valence-corrected chi connectivity index (χ1v) is 3.79. The summed E-state index contributed by atoms with van der Waals surface area (Å²) in [6.07, 6.45) is 5.80. The fourth-order valence-corrected chi connectivity index (χ4v) is 1.28. The summed E-state index contributed by atoms with van der Waals surface area (Å²) in [6, 6.07) is 6.94. The molecule has 1 saturated carbocycles. The Labute approximate surface area is 61.1 Å². The molecule has 1 aliphatic rings. The fraction of sp³-hybridized carbons (Fsp3) is 0.444. The lowest BCUT2D eigenvalue weighted by atomic mass is 9.83. The molecule has 1 aliphatic carbocycles. The van der Waals surface area contributed by atoms with E-state index in [9.17, 15) is 0 Å². The second-order valence-electron chi connectivity index (χ2n) is 2.81. The maximum atomic E-state index is 4.25. The predicted octanol–water partition coefficient (Wildman–Crippen LogP) is 2.15. The van der Waals surface area contributed by atoms with Gasteiger partial charge in [-0.2, -0.15) is 0 Å². The molecular weight excluding hydrogens is 122 g/mol. The van der Waals surface area contributed by atoms with E-state index in [2.05, 4.69) is 17.1 Å². The minimum absolute atomic E-state index is 0.759. The van der Waals surface area contributed by atoms with Crippen molar-refractivity contribution in [1.29, 1.82) is 0 Å². The minimum atomic E-state index is 0.759. The van der Waals surface area contributed by atoms with Gasteiger partial charge in [-0.05, 0) is 18.9 Å². The Morgan fingerprint density at radius 2 is 2.40 bits per heavy atom. The zero-order chi connectivity index (χ0) is 6.81. The summed E-state index contributed by atoms with van der Waals surface area (Å²) in [7, 11) is 0. The van der Waals surface area contributed by atoms with Gasteiger partial charge in [-0.1, -0.05) is 12.5 Å². The van der Waals surface area contributed by atoms with Gasteiger partial charge in [0, 0.05) is 23.9 Å². The smallest absolute Gasteiger partial charge is 0.0434 e. The molecule has 0 atom stereocenters. The van der Waals surface area contributed by atoms with E-state index in [-0.39, 0.29) is 0 Å². The van der Waals surface area contributed by atoms with Gasteiger partial charge in [0.25, 0.3) is 0 Å². The van der Waals surface area contributed by atoms with Crippen LogP contribution in [-0.2, 0) is 0 Å². The Kier molecular flexibility index (Phi) is 1.42. The van der Waals surface area contributed by atoms with Gasteiger partial charge in [-0.25, -0.2) is 0 Å². The lowest BCUT2D eigenvalue weighted by Gasteiger charge is -2.24. The van der Waals surface area contributed by atoms with Crippen LogP contribution in [-0.4, -0.2) is 4.98 Å². The van der Waals surface area contributed by atoms with E-state index in [0.29, 0.717) is 0 Å². The van der Waals surface area contributed by atoms with Gasteiger partial charge < -0.3 is 0 Å². The molecule has 0 amide bonds. The highest BCUT2D eigenvalue weighted by Crippen LogP contribution is 2.34. The molecule has 0 saturated heterocycles. The molecule has 0 N–H and O–H groups in total. The summed E-state index contributed by atoms with van der Waals surface area (Å²) in [5.74, 6) is 0.759. The molecule has 0 aromatic carbocycles. The van der Waals surface area contributed by atoms with Crippen LogP contribution < -0.4 is 0 Å². The van der Waals surface area contributed by atoms with E-state index in [1.807, 2.05) is 6.07 Å². The van der Waals surface area contributed by atoms with E-state index < -0.39 is 0 Å². The van der Waals surface area contributed by atoms with Gasteiger partial charge in [0.05, 0.1) is 0 Å². The Hall–Kier alpha value is -0.850. The fourth-order valence-electron chi connectivity index (χ4n) is 1.28. The molecule has 0 bridgehead atoms. The quantitative estimate of drug-likeness (QED) is 0.570. The molecule has 0 aliphatic heterocycles. The van der Waals surface area contributed by atoms with Crippen molar-refractivity contribution in [3.05, 3.63) is 30.1 Å². The summed E-state index contributed by atoms with van der Waals surface area (Å²) in [4.78, 5) is 4.25. The van der Waals surface area contributed by atoms with E-state index in [4.69, 9.17) is 0 Å². The molecular formula is C9H10N. The molecule has 1 heteroatoms. The van der Waals surface area contributed by atoms with Gasteiger partial charge >= 0.3 is 0 Å². The van der Waals surface area contributed by atoms with Crippen molar-refractivity contribution >= 4 is 0 Å². The zero-order valence-corrected chi connectivity index (χ0v) is 5.88. The largest absolute Gasteiger partial charge is 0.260 e. The first-order valence-electron chi connectivity index (χ1n) is 3.79. The molecule has 1 radical (unpaired) electrons. The zero-order valence-electron chi connectivity index (χ0n) is 5.88. The van der Waals surface area contributed by atoms with Crippen LogP contribution in [0.3, 0.4) is 0 Å². The Bertz CT molecular complexity index is 201. The SMILES string of the molecule is [c]1ccc(C2CCC2)nc1. The number of rotatable bonds is 1. The average molecular weight is 132 g/mol. The monoisotopic (exact) mass is 132 g/mol. The Morgan fingerprint density at radius 1 is 1.50 bits per heavy atom.